The third-order valence-electron chi connectivity index (χ3n) is 2.62. The molecule has 0 aliphatic heterocycles. The van der Waals surface area contributed by atoms with Gasteiger partial charge >= 0.3 is 12.1 Å². The summed E-state index contributed by atoms with van der Waals surface area (Å²) in [6.45, 7) is 5.93. The van der Waals surface area contributed by atoms with Crippen molar-refractivity contribution in [2.45, 2.75) is 38.8 Å². The highest BCUT2D eigenvalue weighted by Gasteiger charge is 2.39. The first kappa shape index (κ1) is 16.9. The van der Waals surface area contributed by atoms with Crippen molar-refractivity contribution in [3.05, 3.63) is 35.4 Å². The molecule has 0 heterocycles. The molecule has 0 spiro atoms. The average molecular weight is 301 g/mol. The van der Waals surface area contributed by atoms with Crippen LogP contribution in [0.4, 0.5) is 13.6 Å². The summed E-state index contributed by atoms with van der Waals surface area (Å²) in [6.07, 6.45) is -1.00. The van der Waals surface area contributed by atoms with E-state index in [1.54, 1.807) is 20.8 Å². The molecule has 0 radical (unpaired) electrons. The zero-order valence-electron chi connectivity index (χ0n) is 12.2. The summed E-state index contributed by atoms with van der Waals surface area (Å²) in [4.78, 5) is 23.2. The van der Waals surface area contributed by atoms with Gasteiger partial charge in [-0.15, -0.1) is 0 Å². The quantitative estimate of drug-likeness (QED) is 0.900. The van der Waals surface area contributed by atoms with E-state index in [9.17, 15) is 23.5 Å². The fourth-order valence-corrected chi connectivity index (χ4v) is 1.60. The van der Waals surface area contributed by atoms with Gasteiger partial charge in [0.25, 0.3) is 0 Å². The standard InChI is InChI=1S/C14H17F2NO4/c1-13(2,3)21-12(20)17-14(4,11(18)19)8-5-9(15)7-10(16)6-8/h5-7H,1-4H3,(H,17,20)(H,18,19). The van der Waals surface area contributed by atoms with Crippen LogP contribution in [0.1, 0.15) is 33.3 Å². The molecule has 116 valence electrons. The van der Waals surface area contributed by atoms with Crippen molar-refractivity contribution in [2.24, 2.45) is 0 Å². The van der Waals surface area contributed by atoms with Crippen LogP contribution in [0.3, 0.4) is 0 Å². The van der Waals surface area contributed by atoms with Crippen LogP contribution in [0.5, 0.6) is 0 Å². The Balaban J connectivity index is 3.14. The van der Waals surface area contributed by atoms with E-state index in [4.69, 9.17) is 4.74 Å². The van der Waals surface area contributed by atoms with Crippen LogP contribution < -0.4 is 5.32 Å². The van der Waals surface area contributed by atoms with Gasteiger partial charge in [0, 0.05) is 6.07 Å². The number of ether oxygens (including phenoxy) is 1. The van der Waals surface area contributed by atoms with Gasteiger partial charge in [0.15, 0.2) is 5.54 Å². The van der Waals surface area contributed by atoms with E-state index in [0.29, 0.717) is 6.07 Å². The SMILES string of the molecule is CC(C)(C)OC(=O)NC(C)(C(=O)O)c1cc(F)cc(F)c1. The minimum Gasteiger partial charge on any atom is -0.479 e. The van der Waals surface area contributed by atoms with Gasteiger partial charge in [-0.05, 0) is 45.4 Å². The number of carboxylic acids is 1. The van der Waals surface area contributed by atoms with Crippen molar-refractivity contribution < 1.29 is 28.2 Å². The lowest BCUT2D eigenvalue weighted by Crippen LogP contribution is -2.51. The van der Waals surface area contributed by atoms with Crippen LogP contribution >= 0.6 is 0 Å². The highest BCUT2D eigenvalue weighted by molar-refractivity contribution is 5.85. The molecule has 1 unspecified atom stereocenters. The summed E-state index contributed by atoms with van der Waals surface area (Å²) in [5.41, 5.74) is -3.10. The molecule has 0 saturated carbocycles. The first-order chi connectivity index (χ1) is 9.44. The molecule has 2 N–H and O–H groups in total. The number of aliphatic carboxylic acids is 1. The fourth-order valence-electron chi connectivity index (χ4n) is 1.60. The molecule has 21 heavy (non-hydrogen) atoms. The number of carbonyl (C=O) groups excluding carboxylic acids is 1. The molecule has 1 aromatic carbocycles. The maximum atomic E-state index is 13.3. The molecule has 0 aliphatic carbocycles. The third-order valence-corrected chi connectivity index (χ3v) is 2.62. The van der Waals surface area contributed by atoms with Gasteiger partial charge in [-0.1, -0.05) is 0 Å². The zero-order valence-corrected chi connectivity index (χ0v) is 12.2. The van der Waals surface area contributed by atoms with Crippen molar-refractivity contribution >= 4 is 12.1 Å². The number of carbonyl (C=O) groups is 2. The summed E-state index contributed by atoms with van der Waals surface area (Å²) in [7, 11) is 0. The van der Waals surface area contributed by atoms with E-state index in [1.807, 2.05) is 0 Å². The Morgan fingerprint density at radius 2 is 1.57 bits per heavy atom. The predicted octanol–water partition coefficient (Wildman–Crippen LogP) is 2.79. The van der Waals surface area contributed by atoms with Gasteiger partial charge in [0.1, 0.15) is 17.2 Å². The Kier molecular flexibility index (Phi) is 4.56. The molecule has 1 rings (SSSR count). The predicted molar refractivity (Wildman–Crippen MR) is 70.7 cm³/mol. The normalized spacial score (nSPS) is 14.2. The van der Waals surface area contributed by atoms with Gasteiger partial charge < -0.3 is 15.2 Å². The summed E-state index contributed by atoms with van der Waals surface area (Å²) >= 11 is 0. The number of halogens is 2. The minimum atomic E-state index is -2.02. The van der Waals surface area contributed by atoms with Crippen LogP contribution in [0.15, 0.2) is 18.2 Å². The summed E-state index contributed by atoms with van der Waals surface area (Å²) < 4.78 is 31.5. The third kappa shape index (κ3) is 4.40. The van der Waals surface area contributed by atoms with Crippen LogP contribution in [0.25, 0.3) is 0 Å². The number of amides is 1. The maximum Gasteiger partial charge on any atom is 0.408 e. The van der Waals surface area contributed by atoms with Crippen LogP contribution in [0, 0.1) is 11.6 Å². The fraction of sp³-hybridized carbons (Fsp3) is 0.429. The zero-order chi connectivity index (χ0) is 16.4. The lowest BCUT2D eigenvalue weighted by molar-refractivity contribution is -0.144. The van der Waals surface area contributed by atoms with Crippen molar-refractivity contribution in [2.75, 3.05) is 0 Å². The van der Waals surface area contributed by atoms with Crippen molar-refractivity contribution in [3.63, 3.8) is 0 Å². The van der Waals surface area contributed by atoms with Crippen molar-refractivity contribution in [1.82, 2.24) is 5.32 Å². The Morgan fingerprint density at radius 1 is 1.10 bits per heavy atom. The summed E-state index contributed by atoms with van der Waals surface area (Å²) in [5, 5.41) is 11.4. The Morgan fingerprint density at radius 3 is 1.95 bits per heavy atom. The second kappa shape index (κ2) is 5.67. The number of benzene rings is 1. The molecule has 7 heteroatoms. The van der Waals surface area contributed by atoms with Gasteiger partial charge in [-0.3, -0.25) is 0 Å². The van der Waals surface area contributed by atoms with Gasteiger partial charge in [0.2, 0.25) is 0 Å². The number of hydrogen-bond acceptors (Lipinski definition) is 3. The average Bonchev–Trinajstić information content (AvgIpc) is 2.24. The molecule has 0 saturated heterocycles. The largest absolute Gasteiger partial charge is 0.479 e. The molecule has 1 atom stereocenters. The number of alkyl carbamates (subject to hydrolysis) is 1. The molecule has 1 amide bonds. The number of hydrogen-bond donors (Lipinski definition) is 2. The highest BCUT2D eigenvalue weighted by atomic mass is 19.1. The minimum absolute atomic E-state index is 0.238. The van der Waals surface area contributed by atoms with E-state index < -0.39 is 34.8 Å². The number of nitrogens with one attached hydrogen (secondary N) is 1. The molecule has 0 aliphatic rings. The number of carboxylic acid groups (broad SMARTS) is 1. The van der Waals surface area contributed by atoms with Gasteiger partial charge in [-0.2, -0.15) is 0 Å². The lowest BCUT2D eigenvalue weighted by atomic mass is 9.92. The smallest absolute Gasteiger partial charge is 0.408 e. The van der Waals surface area contributed by atoms with Crippen molar-refractivity contribution in [3.8, 4) is 0 Å². The van der Waals surface area contributed by atoms with Gasteiger partial charge in [-0.25, -0.2) is 18.4 Å². The van der Waals surface area contributed by atoms with Crippen molar-refractivity contribution in [1.29, 1.82) is 0 Å². The molecule has 0 bridgehead atoms. The second-order valence-electron chi connectivity index (χ2n) is 5.72. The Bertz CT molecular complexity index is 548. The summed E-state index contributed by atoms with van der Waals surface area (Å²) in [6, 6.07) is 2.29. The summed E-state index contributed by atoms with van der Waals surface area (Å²) in [5.74, 6) is -3.36. The first-order valence-electron chi connectivity index (χ1n) is 6.15. The highest BCUT2D eigenvalue weighted by Crippen LogP contribution is 2.24. The van der Waals surface area contributed by atoms with Crippen LogP contribution in [-0.4, -0.2) is 22.8 Å². The molecular weight excluding hydrogens is 284 g/mol. The van der Waals surface area contributed by atoms with E-state index in [2.05, 4.69) is 5.32 Å². The van der Waals surface area contributed by atoms with Gasteiger partial charge in [0.05, 0.1) is 0 Å². The first-order valence-corrected chi connectivity index (χ1v) is 6.15. The lowest BCUT2D eigenvalue weighted by Gasteiger charge is -2.29. The molecular formula is C14H17F2NO4. The van der Waals surface area contributed by atoms with E-state index in [0.717, 1.165) is 19.1 Å². The van der Waals surface area contributed by atoms with E-state index in [1.165, 1.54) is 0 Å². The van der Waals surface area contributed by atoms with Crippen LogP contribution in [0.2, 0.25) is 0 Å². The molecule has 5 nitrogen and oxygen atoms in total. The monoisotopic (exact) mass is 301 g/mol. The number of rotatable bonds is 3. The topological polar surface area (TPSA) is 75.6 Å². The van der Waals surface area contributed by atoms with E-state index in [-0.39, 0.29) is 5.56 Å². The molecule has 0 aromatic heterocycles. The Hall–Kier alpha value is -2.18. The molecule has 0 fully saturated rings. The van der Waals surface area contributed by atoms with E-state index >= 15 is 0 Å². The Labute approximate surface area is 120 Å². The second-order valence-corrected chi connectivity index (χ2v) is 5.72. The maximum absolute atomic E-state index is 13.3. The molecule has 1 aromatic rings. The van der Waals surface area contributed by atoms with Crippen LogP contribution in [-0.2, 0) is 15.1 Å².